The second kappa shape index (κ2) is 4.38. The summed E-state index contributed by atoms with van der Waals surface area (Å²) in [5.41, 5.74) is 7.41. The molecule has 1 N–H and O–H groups in total. The number of hydrogen-bond acceptors (Lipinski definition) is 1. The van der Waals surface area contributed by atoms with E-state index < -0.39 is 0 Å². The van der Waals surface area contributed by atoms with Crippen molar-refractivity contribution in [2.75, 3.05) is 0 Å². The van der Waals surface area contributed by atoms with Crippen LogP contribution >= 0.6 is 0 Å². The SMILES string of the molecule is C=C=CCc1c[nH]c2cc(C(C)C)cnc12. The molecular weight excluding hydrogens is 196 g/mol. The second-order valence-corrected chi connectivity index (χ2v) is 4.25. The van der Waals surface area contributed by atoms with Gasteiger partial charge in [0.2, 0.25) is 0 Å². The van der Waals surface area contributed by atoms with E-state index >= 15 is 0 Å². The summed E-state index contributed by atoms with van der Waals surface area (Å²) in [6.07, 6.45) is 6.72. The Kier molecular flexibility index (Phi) is 2.93. The van der Waals surface area contributed by atoms with Crippen molar-refractivity contribution < 1.29 is 0 Å². The van der Waals surface area contributed by atoms with Crippen molar-refractivity contribution in [1.29, 1.82) is 0 Å². The van der Waals surface area contributed by atoms with Crippen molar-refractivity contribution >= 4 is 11.0 Å². The highest BCUT2D eigenvalue weighted by Crippen LogP contribution is 2.21. The molecule has 0 amide bonds. The zero-order chi connectivity index (χ0) is 11.5. The summed E-state index contributed by atoms with van der Waals surface area (Å²) >= 11 is 0. The van der Waals surface area contributed by atoms with Gasteiger partial charge in [-0.15, -0.1) is 5.73 Å². The summed E-state index contributed by atoms with van der Waals surface area (Å²) in [5.74, 6) is 0.511. The molecule has 0 unspecified atom stereocenters. The van der Waals surface area contributed by atoms with Crippen LogP contribution < -0.4 is 0 Å². The van der Waals surface area contributed by atoms with Crippen LogP contribution in [0.3, 0.4) is 0 Å². The van der Waals surface area contributed by atoms with Crippen molar-refractivity contribution in [1.82, 2.24) is 9.97 Å². The number of pyridine rings is 1. The van der Waals surface area contributed by atoms with Gasteiger partial charge in [-0.25, -0.2) is 0 Å². The highest BCUT2D eigenvalue weighted by molar-refractivity contribution is 5.79. The molecule has 0 saturated carbocycles. The molecule has 0 aliphatic heterocycles. The van der Waals surface area contributed by atoms with Gasteiger partial charge in [-0.05, 0) is 23.6 Å². The predicted octanol–water partition coefficient (Wildman–Crippen LogP) is 3.57. The van der Waals surface area contributed by atoms with Crippen LogP contribution in [-0.2, 0) is 6.42 Å². The maximum atomic E-state index is 4.52. The van der Waals surface area contributed by atoms with Gasteiger partial charge in [-0.2, -0.15) is 0 Å². The van der Waals surface area contributed by atoms with Crippen LogP contribution in [0, 0.1) is 0 Å². The van der Waals surface area contributed by atoms with Crippen molar-refractivity contribution in [3.8, 4) is 0 Å². The molecule has 0 aliphatic rings. The zero-order valence-electron chi connectivity index (χ0n) is 9.75. The Hall–Kier alpha value is -1.79. The fourth-order valence-corrected chi connectivity index (χ4v) is 1.73. The average molecular weight is 212 g/mol. The molecule has 2 aromatic rings. The normalized spacial score (nSPS) is 10.7. The van der Waals surface area contributed by atoms with Crippen LogP contribution in [-0.4, -0.2) is 9.97 Å². The van der Waals surface area contributed by atoms with Gasteiger partial charge in [-0.3, -0.25) is 4.98 Å². The molecule has 2 nitrogen and oxygen atoms in total. The minimum atomic E-state index is 0.511. The monoisotopic (exact) mass is 212 g/mol. The molecule has 0 radical (unpaired) electrons. The van der Waals surface area contributed by atoms with Crippen LogP contribution in [0.2, 0.25) is 0 Å². The van der Waals surface area contributed by atoms with Gasteiger partial charge in [0.1, 0.15) is 0 Å². The summed E-state index contributed by atoms with van der Waals surface area (Å²) in [6, 6.07) is 2.17. The minimum absolute atomic E-state index is 0.511. The van der Waals surface area contributed by atoms with E-state index in [1.807, 2.05) is 18.5 Å². The van der Waals surface area contributed by atoms with Gasteiger partial charge in [0.05, 0.1) is 11.0 Å². The standard InChI is InChI=1S/C14H16N2/c1-4-5-6-11-8-15-13-7-12(10(2)3)9-16-14(11)13/h5,7-10,15H,1,6H2,2-3H3. The Bertz CT molecular complexity index is 543. The van der Waals surface area contributed by atoms with E-state index in [-0.39, 0.29) is 0 Å². The number of aromatic amines is 1. The highest BCUT2D eigenvalue weighted by atomic mass is 14.8. The van der Waals surface area contributed by atoms with Crippen LogP contribution in [0.15, 0.2) is 36.8 Å². The van der Waals surface area contributed by atoms with Crippen molar-refractivity contribution in [2.24, 2.45) is 0 Å². The van der Waals surface area contributed by atoms with E-state index in [1.54, 1.807) is 0 Å². The molecule has 0 aliphatic carbocycles. The van der Waals surface area contributed by atoms with Gasteiger partial charge >= 0.3 is 0 Å². The Balaban J connectivity index is 2.46. The first-order chi connectivity index (χ1) is 7.72. The highest BCUT2D eigenvalue weighted by Gasteiger charge is 2.06. The van der Waals surface area contributed by atoms with Crippen molar-refractivity contribution in [2.45, 2.75) is 26.2 Å². The van der Waals surface area contributed by atoms with E-state index in [0.717, 1.165) is 17.5 Å². The summed E-state index contributed by atoms with van der Waals surface area (Å²) < 4.78 is 0. The Morgan fingerprint density at radius 3 is 3.06 bits per heavy atom. The number of rotatable bonds is 3. The van der Waals surface area contributed by atoms with Crippen LogP contribution in [0.5, 0.6) is 0 Å². The topological polar surface area (TPSA) is 28.7 Å². The number of nitrogens with zero attached hydrogens (tertiary/aromatic N) is 1. The molecule has 2 aromatic heterocycles. The maximum Gasteiger partial charge on any atom is 0.0914 e. The lowest BCUT2D eigenvalue weighted by Crippen LogP contribution is -1.89. The third-order valence-corrected chi connectivity index (χ3v) is 2.75. The molecule has 0 spiro atoms. The first kappa shape index (κ1) is 10.7. The first-order valence-electron chi connectivity index (χ1n) is 5.52. The lowest BCUT2D eigenvalue weighted by molar-refractivity contribution is 0.861. The number of fused-ring (bicyclic) bond motifs is 1. The average Bonchev–Trinajstić information content (AvgIpc) is 2.68. The van der Waals surface area contributed by atoms with Gasteiger partial charge in [0.25, 0.3) is 0 Å². The van der Waals surface area contributed by atoms with E-state index in [0.29, 0.717) is 5.92 Å². The van der Waals surface area contributed by atoms with Crippen molar-refractivity contribution in [3.05, 3.63) is 48.0 Å². The Labute approximate surface area is 95.7 Å². The van der Waals surface area contributed by atoms with Crippen LogP contribution in [0.25, 0.3) is 11.0 Å². The van der Waals surface area contributed by atoms with Gasteiger partial charge in [-0.1, -0.05) is 20.4 Å². The Morgan fingerprint density at radius 2 is 2.38 bits per heavy atom. The lowest BCUT2D eigenvalue weighted by atomic mass is 10.1. The number of hydrogen-bond donors (Lipinski definition) is 1. The second-order valence-electron chi connectivity index (χ2n) is 4.25. The first-order valence-corrected chi connectivity index (χ1v) is 5.52. The number of H-pyrrole nitrogens is 1. The lowest BCUT2D eigenvalue weighted by Gasteiger charge is -2.04. The fraction of sp³-hybridized carbons (Fsp3) is 0.286. The van der Waals surface area contributed by atoms with Gasteiger partial charge < -0.3 is 4.98 Å². The zero-order valence-corrected chi connectivity index (χ0v) is 9.75. The van der Waals surface area contributed by atoms with E-state index in [4.69, 9.17) is 0 Å². The molecule has 16 heavy (non-hydrogen) atoms. The summed E-state index contributed by atoms with van der Waals surface area (Å²) in [6.45, 7) is 7.91. The summed E-state index contributed by atoms with van der Waals surface area (Å²) in [7, 11) is 0. The van der Waals surface area contributed by atoms with Crippen LogP contribution in [0.4, 0.5) is 0 Å². The van der Waals surface area contributed by atoms with Crippen LogP contribution in [0.1, 0.15) is 30.9 Å². The molecule has 82 valence electrons. The van der Waals surface area contributed by atoms with Gasteiger partial charge in [0, 0.05) is 24.4 Å². The molecule has 0 bridgehead atoms. The molecule has 0 atom stereocenters. The Morgan fingerprint density at radius 1 is 1.56 bits per heavy atom. The third kappa shape index (κ3) is 1.93. The van der Waals surface area contributed by atoms with Gasteiger partial charge in [0.15, 0.2) is 0 Å². The quantitative estimate of drug-likeness (QED) is 0.774. The smallest absolute Gasteiger partial charge is 0.0914 e. The molecule has 2 rings (SSSR count). The third-order valence-electron chi connectivity index (χ3n) is 2.75. The predicted molar refractivity (Wildman–Crippen MR) is 67.6 cm³/mol. The minimum Gasteiger partial charge on any atom is -0.360 e. The van der Waals surface area contributed by atoms with E-state index in [2.05, 4.69) is 42.2 Å². The molecule has 2 heterocycles. The van der Waals surface area contributed by atoms with E-state index in [9.17, 15) is 0 Å². The van der Waals surface area contributed by atoms with Crippen molar-refractivity contribution in [3.63, 3.8) is 0 Å². The largest absolute Gasteiger partial charge is 0.360 e. The molecule has 0 aromatic carbocycles. The number of allylic oxidation sites excluding steroid dienone is 1. The maximum absolute atomic E-state index is 4.52. The van der Waals surface area contributed by atoms with E-state index in [1.165, 1.54) is 11.1 Å². The molecule has 0 fully saturated rings. The summed E-state index contributed by atoms with van der Waals surface area (Å²) in [5, 5.41) is 0. The summed E-state index contributed by atoms with van der Waals surface area (Å²) in [4.78, 5) is 7.78. The number of nitrogens with one attached hydrogen (secondary N) is 1. The number of aromatic nitrogens is 2. The molecule has 2 heteroatoms. The fourth-order valence-electron chi connectivity index (χ4n) is 1.73. The molecule has 0 saturated heterocycles. The molecular formula is C14H16N2.